The quantitative estimate of drug-likeness (QED) is 0.182. The van der Waals surface area contributed by atoms with Gasteiger partial charge in [-0.25, -0.2) is 4.79 Å². The van der Waals surface area contributed by atoms with E-state index in [1.54, 1.807) is 23.8 Å². The molecule has 3 unspecified atom stereocenters. The lowest BCUT2D eigenvalue weighted by Gasteiger charge is -2.31. The molecule has 0 aliphatic carbocycles. The number of nitrogens with one attached hydrogen (secondary N) is 4. The summed E-state index contributed by atoms with van der Waals surface area (Å²) in [4.78, 5) is 56.6. The van der Waals surface area contributed by atoms with Gasteiger partial charge in [-0.1, -0.05) is 0 Å². The van der Waals surface area contributed by atoms with Gasteiger partial charge in [-0.05, 0) is 116 Å². The zero-order valence-corrected chi connectivity index (χ0v) is 29.3. The number of urea groups is 1. The Balaban J connectivity index is 1.48. The molecule has 12 nitrogen and oxygen atoms in total. The number of thiocarbonyl (C=S) groups is 2. The van der Waals surface area contributed by atoms with Crippen molar-refractivity contribution in [2.45, 2.75) is 90.4 Å². The van der Waals surface area contributed by atoms with Crippen molar-refractivity contribution in [2.75, 3.05) is 50.4 Å². The molecule has 4 amide bonds. The van der Waals surface area contributed by atoms with Gasteiger partial charge in [0.05, 0.1) is 12.1 Å². The van der Waals surface area contributed by atoms with E-state index in [-0.39, 0.29) is 36.0 Å². The summed E-state index contributed by atoms with van der Waals surface area (Å²) in [6.45, 7) is 10.9. The number of amides is 4. The molecule has 4 N–H and O–H groups in total. The number of nitrogens with zero attached hydrogens (tertiary/aromatic N) is 4. The minimum Gasteiger partial charge on any atom is -0.349 e. The molecular formula is C32H50N8O4S2. The van der Waals surface area contributed by atoms with Gasteiger partial charge in [0.25, 0.3) is 0 Å². The predicted molar refractivity (Wildman–Crippen MR) is 190 cm³/mol. The average Bonchev–Trinajstić information content (AvgIpc) is 3.68. The van der Waals surface area contributed by atoms with Crippen molar-refractivity contribution in [3.63, 3.8) is 0 Å². The van der Waals surface area contributed by atoms with E-state index in [4.69, 9.17) is 24.4 Å². The monoisotopic (exact) mass is 674 g/mol. The minimum atomic E-state index is -0.451. The van der Waals surface area contributed by atoms with Crippen LogP contribution in [-0.4, -0.2) is 118 Å². The Bertz CT molecular complexity index is 1230. The Hall–Kier alpha value is -3.36. The number of likely N-dealkylation sites (tertiary alicyclic amines) is 2. The van der Waals surface area contributed by atoms with Crippen molar-refractivity contribution < 1.29 is 19.2 Å². The summed E-state index contributed by atoms with van der Waals surface area (Å²) < 4.78 is 0. The number of benzene rings is 1. The first-order valence-electron chi connectivity index (χ1n) is 16.3. The van der Waals surface area contributed by atoms with Crippen molar-refractivity contribution >= 4 is 70.2 Å². The number of hydrogen-bond acceptors (Lipinski definition) is 7. The summed E-state index contributed by atoms with van der Waals surface area (Å²) in [7, 11) is 1.68. The number of likely N-dealkylation sites (N-methyl/N-ethyl adjacent to an activating group) is 1. The van der Waals surface area contributed by atoms with Crippen molar-refractivity contribution in [2.24, 2.45) is 0 Å². The van der Waals surface area contributed by atoms with E-state index in [9.17, 15) is 19.2 Å². The lowest BCUT2D eigenvalue weighted by Crippen LogP contribution is -2.52. The highest BCUT2D eigenvalue weighted by Gasteiger charge is 2.35. The molecule has 0 radical (unpaired) electrons. The molecule has 2 aliphatic heterocycles. The second kappa shape index (κ2) is 18.1. The molecule has 254 valence electrons. The van der Waals surface area contributed by atoms with Crippen LogP contribution in [0.1, 0.15) is 66.2 Å². The highest BCUT2D eigenvalue weighted by molar-refractivity contribution is 7.80. The van der Waals surface area contributed by atoms with Crippen molar-refractivity contribution in [3.05, 3.63) is 24.3 Å². The molecule has 2 fully saturated rings. The largest absolute Gasteiger partial charge is 0.349 e. The summed E-state index contributed by atoms with van der Waals surface area (Å²) in [6.07, 6.45) is 5.26. The molecule has 0 bridgehead atoms. The molecule has 2 saturated heterocycles. The maximum Gasteiger partial charge on any atom is 0.324 e. The number of hydrogen-bond donors (Lipinski definition) is 4. The van der Waals surface area contributed by atoms with Crippen LogP contribution in [0, 0.1) is 0 Å². The first-order chi connectivity index (χ1) is 22.0. The third-order valence-electron chi connectivity index (χ3n) is 8.91. The van der Waals surface area contributed by atoms with E-state index < -0.39 is 6.04 Å². The Morgan fingerprint density at radius 3 is 2.11 bits per heavy atom. The lowest BCUT2D eigenvalue weighted by atomic mass is 10.1. The Morgan fingerprint density at radius 1 is 0.978 bits per heavy atom. The van der Waals surface area contributed by atoms with Crippen molar-refractivity contribution in [3.8, 4) is 0 Å². The van der Waals surface area contributed by atoms with Crippen LogP contribution < -0.4 is 21.3 Å². The molecule has 3 rings (SSSR count). The molecule has 1 aromatic rings. The van der Waals surface area contributed by atoms with E-state index in [0.29, 0.717) is 49.4 Å². The molecule has 0 spiro atoms. The number of rotatable bonds is 13. The van der Waals surface area contributed by atoms with Gasteiger partial charge < -0.3 is 40.3 Å². The maximum absolute atomic E-state index is 12.9. The average molecular weight is 675 g/mol. The third-order valence-corrected chi connectivity index (χ3v) is 9.63. The third kappa shape index (κ3) is 10.1. The molecule has 2 aliphatic rings. The lowest BCUT2D eigenvalue weighted by molar-refractivity contribution is -0.134. The summed E-state index contributed by atoms with van der Waals surface area (Å²) >= 11 is 11.4. The topological polar surface area (TPSA) is 129 Å². The molecule has 0 saturated carbocycles. The van der Waals surface area contributed by atoms with Crippen LogP contribution in [-0.2, 0) is 14.4 Å². The fraction of sp³-hybridized carbons (Fsp3) is 0.625. The SMILES string of the molecule is CCN(CCC(=O)N1CCC[C@H]1C=O)C(=S)Nc1ccc(NC(=S)N(CC)CCC2CCC(C)N2C(=O)NC(=O)C(C)NC)cc1. The Morgan fingerprint density at radius 2 is 1.57 bits per heavy atom. The van der Waals surface area contributed by atoms with Gasteiger partial charge in [0, 0.05) is 62.6 Å². The zero-order chi connectivity index (χ0) is 33.8. The van der Waals surface area contributed by atoms with Gasteiger partial charge in [0.1, 0.15) is 6.29 Å². The summed E-state index contributed by atoms with van der Waals surface area (Å²) in [5.74, 6) is -0.355. The minimum absolute atomic E-state index is 0.0182. The first kappa shape index (κ1) is 37.1. The van der Waals surface area contributed by atoms with Crippen molar-refractivity contribution in [1.29, 1.82) is 0 Å². The first-order valence-corrected chi connectivity index (χ1v) is 17.1. The van der Waals surface area contributed by atoms with Gasteiger partial charge in [-0.15, -0.1) is 0 Å². The van der Waals surface area contributed by atoms with Gasteiger partial charge in [-0.3, -0.25) is 14.9 Å². The van der Waals surface area contributed by atoms with Crippen LogP contribution in [0.5, 0.6) is 0 Å². The van der Waals surface area contributed by atoms with Crippen LogP contribution in [0.25, 0.3) is 0 Å². The fourth-order valence-electron chi connectivity index (χ4n) is 5.90. The normalized spacial score (nSPS) is 19.7. The van der Waals surface area contributed by atoms with Gasteiger partial charge in [0.2, 0.25) is 11.8 Å². The van der Waals surface area contributed by atoms with Crippen LogP contribution in [0.4, 0.5) is 16.2 Å². The standard InChI is InChI=1S/C32H50N8O4S2/c1-6-37(19-16-26-15-10-22(3)40(26)30(44)36-29(43)23(4)33-5)31(45)34-24-11-13-25(14-12-24)35-32(46)38(7-2)20-17-28(42)39-18-8-9-27(39)21-41/h11-14,21-23,26-27,33H,6-10,15-20H2,1-5H3,(H,34,45)(H,35,46)(H,36,43,44)/t22?,23?,26?,27-/m0/s1. The highest BCUT2D eigenvalue weighted by atomic mass is 32.1. The maximum atomic E-state index is 12.9. The van der Waals surface area contributed by atoms with E-state index in [0.717, 1.165) is 49.8 Å². The van der Waals surface area contributed by atoms with Crippen molar-refractivity contribution in [1.82, 2.24) is 30.2 Å². The number of imide groups is 1. The second-order valence-corrected chi connectivity index (χ2v) is 12.6. The van der Waals surface area contributed by atoms with Crippen LogP contribution in [0.3, 0.4) is 0 Å². The molecule has 2 heterocycles. The van der Waals surface area contributed by atoms with Crippen LogP contribution in [0.15, 0.2) is 24.3 Å². The van der Waals surface area contributed by atoms with Gasteiger partial charge in [0.15, 0.2) is 10.2 Å². The Kier molecular flexibility index (Phi) is 14.6. The second-order valence-electron chi connectivity index (χ2n) is 11.9. The fourth-order valence-corrected chi connectivity index (χ4v) is 6.58. The highest BCUT2D eigenvalue weighted by Crippen LogP contribution is 2.27. The number of aldehydes is 1. The smallest absolute Gasteiger partial charge is 0.324 e. The molecule has 1 aromatic carbocycles. The molecule has 0 aromatic heterocycles. The number of anilines is 2. The molecule has 14 heteroatoms. The zero-order valence-electron chi connectivity index (χ0n) is 27.7. The van der Waals surface area contributed by atoms with Crippen LogP contribution in [0.2, 0.25) is 0 Å². The Labute approximate surface area is 284 Å². The van der Waals surface area contributed by atoms with E-state index in [1.165, 1.54) is 0 Å². The number of carbonyl (C=O) groups is 4. The van der Waals surface area contributed by atoms with Crippen LogP contribution >= 0.6 is 24.4 Å². The van der Waals surface area contributed by atoms with Gasteiger partial charge in [-0.2, -0.15) is 0 Å². The molecule has 4 atom stereocenters. The summed E-state index contributed by atoms with van der Waals surface area (Å²) in [6, 6.07) is 6.65. The van der Waals surface area contributed by atoms with E-state index in [2.05, 4.69) is 26.2 Å². The molecule has 46 heavy (non-hydrogen) atoms. The van der Waals surface area contributed by atoms with E-state index in [1.807, 2.05) is 49.9 Å². The predicted octanol–water partition coefficient (Wildman–Crippen LogP) is 3.39. The summed E-state index contributed by atoms with van der Waals surface area (Å²) in [5, 5.41) is 13.1. The van der Waals surface area contributed by atoms with Gasteiger partial charge >= 0.3 is 6.03 Å². The molecular weight excluding hydrogens is 625 g/mol. The number of carbonyl (C=O) groups excluding carboxylic acids is 4. The summed E-state index contributed by atoms with van der Waals surface area (Å²) in [5.41, 5.74) is 1.65. The van der Waals surface area contributed by atoms with E-state index >= 15 is 0 Å².